The largest absolute Gasteiger partial charge is 2.00 e. The Kier molecular flexibility index (Phi) is 9.04. The van der Waals surface area contributed by atoms with E-state index in [4.69, 9.17) is 0 Å². The molecular weight excluding hydrogens is 180 g/mol. The van der Waals surface area contributed by atoms with Gasteiger partial charge in [-0.25, -0.2) is 0 Å². The molecule has 0 amide bonds. The molecule has 0 fully saturated rings. The first-order valence-electron chi connectivity index (χ1n) is 3.35. The van der Waals surface area contributed by atoms with Gasteiger partial charge in [0.05, 0.1) is 0 Å². The predicted molar refractivity (Wildman–Crippen MR) is 50.6 cm³/mol. The van der Waals surface area contributed by atoms with Gasteiger partial charge in [0.25, 0.3) is 0 Å². The second kappa shape index (κ2) is 7.53. The molecule has 0 nitrogen and oxygen atoms in total. The standard InChI is InChI=1S/C10H11.ClH.Mg/c1-3-6-10-8-5-4-7-9(10)2;;/h3-5,7-8H,1-2,6H2;1H;/q-1;;+2/p-1. The van der Waals surface area contributed by atoms with Crippen LogP contribution in [-0.4, -0.2) is 23.1 Å². The van der Waals surface area contributed by atoms with Crippen LogP contribution in [0.15, 0.2) is 36.9 Å². The molecule has 1 rings (SSSR count). The maximum atomic E-state index is 3.89. The molecule has 0 aromatic heterocycles. The van der Waals surface area contributed by atoms with E-state index >= 15 is 0 Å². The molecule has 1 aromatic carbocycles. The zero-order valence-corrected chi connectivity index (χ0v) is 9.26. The van der Waals surface area contributed by atoms with Gasteiger partial charge in [-0.2, -0.15) is 18.6 Å². The van der Waals surface area contributed by atoms with E-state index in [9.17, 15) is 0 Å². The van der Waals surface area contributed by atoms with Gasteiger partial charge < -0.3 is 12.4 Å². The molecule has 0 atom stereocenters. The van der Waals surface area contributed by atoms with E-state index < -0.39 is 0 Å². The zero-order valence-electron chi connectivity index (χ0n) is 7.09. The summed E-state index contributed by atoms with van der Waals surface area (Å²) in [6.45, 7) is 7.56. The third-order valence-electron chi connectivity index (χ3n) is 1.48. The van der Waals surface area contributed by atoms with Crippen molar-refractivity contribution in [1.82, 2.24) is 0 Å². The fraction of sp³-hybridized carbons (Fsp3) is 0.100. The number of rotatable bonds is 2. The first kappa shape index (κ1) is 14.4. The molecule has 0 unspecified atom stereocenters. The molecule has 0 heterocycles. The summed E-state index contributed by atoms with van der Waals surface area (Å²) in [6.07, 6.45) is 2.81. The molecule has 12 heavy (non-hydrogen) atoms. The molecule has 1 aromatic rings. The van der Waals surface area contributed by atoms with Gasteiger partial charge in [-0.15, -0.1) is 24.3 Å². The number of hydrogen-bond acceptors (Lipinski definition) is 0. The van der Waals surface area contributed by atoms with Crippen LogP contribution in [-0.2, 0) is 6.42 Å². The van der Waals surface area contributed by atoms with E-state index in [1.807, 2.05) is 24.3 Å². The van der Waals surface area contributed by atoms with Gasteiger partial charge in [0.2, 0.25) is 0 Å². The Bertz CT molecular complexity index is 233. The van der Waals surface area contributed by atoms with Crippen molar-refractivity contribution in [2.75, 3.05) is 0 Å². The average molecular weight is 191 g/mol. The molecule has 0 aliphatic heterocycles. The molecule has 60 valence electrons. The molecule has 0 radical (unpaired) electrons. The van der Waals surface area contributed by atoms with Crippen LogP contribution in [0.25, 0.3) is 0 Å². The monoisotopic (exact) mass is 190 g/mol. The SMILES string of the molecule is C=CCc1ccccc1[CH2-].[Cl-].[Mg+2]. The fourth-order valence-electron chi connectivity index (χ4n) is 0.912. The van der Waals surface area contributed by atoms with Crippen molar-refractivity contribution in [3.05, 3.63) is 55.0 Å². The second-order valence-corrected chi connectivity index (χ2v) is 2.26. The summed E-state index contributed by atoms with van der Waals surface area (Å²) in [5.74, 6) is 0. The van der Waals surface area contributed by atoms with Crippen molar-refractivity contribution in [2.45, 2.75) is 6.42 Å². The first-order valence-corrected chi connectivity index (χ1v) is 3.35. The minimum absolute atomic E-state index is 0. The van der Waals surface area contributed by atoms with E-state index in [2.05, 4.69) is 19.6 Å². The molecule has 2 heteroatoms. The van der Waals surface area contributed by atoms with Crippen molar-refractivity contribution >= 4 is 23.1 Å². The average Bonchev–Trinajstić information content (AvgIpc) is 1.94. The van der Waals surface area contributed by atoms with Crippen LogP contribution in [0.1, 0.15) is 11.1 Å². The molecule has 0 N–H and O–H groups in total. The van der Waals surface area contributed by atoms with Crippen LogP contribution in [0.3, 0.4) is 0 Å². The molecular formula is C10H11ClMg. The van der Waals surface area contributed by atoms with Crippen LogP contribution in [0.5, 0.6) is 0 Å². The smallest absolute Gasteiger partial charge is 1.00 e. The number of hydrogen-bond donors (Lipinski definition) is 0. The van der Waals surface area contributed by atoms with Crippen LogP contribution in [0.4, 0.5) is 0 Å². The minimum atomic E-state index is 0. The fourth-order valence-corrected chi connectivity index (χ4v) is 0.912. The maximum Gasteiger partial charge on any atom is 2.00 e. The normalized spacial score (nSPS) is 7.67. The Morgan fingerprint density at radius 3 is 2.42 bits per heavy atom. The molecule has 0 bridgehead atoms. The topological polar surface area (TPSA) is 0 Å². The van der Waals surface area contributed by atoms with Gasteiger partial charge >= 0.3 is 23.1 Å². The van der Waals surface area contributed by atoms with E-state index in [0.717, 1.165) is 12.0 Å². The van der Waals surface area contributed by atoms with Crippen LogP contribution in [0, 0.1) is 6.92 Å². The van der Waals surface area contributed by atoms with Crippen LogP contribution < -0.4 is 12.4 Å². The number of halogens is 1. The summed E-state index contributed by atoms with van der Waals surface area (Å²) < 4.78 is 0. The summed E-state index contributed by atoms with van der Waals surface area (Å²) in [5.41, 5.74) is 2.36. The van der Waals surface area contributed by atoms with E-state index in [0.29, 0.717) is 0 Å². The van der Waals surface area contributed by atoms with Gasteiger partial charge in [0, 0.05) is 0 Å². The maximum absolute atomic E-state index is 3.89. The Morgan fingerprint density at radius 2 is 1.92 bits per heavy atom. The third kappa shape index (κ3) is 4.05. The number of allylic oxidation sites excluding steroid dienone is 1. The number of benzene rings is 1. The van der Waals surface area contributed by atoms with Gasteiger partial charge in [-0.05, 0) is 0 Å². The Hall–Kier alpha value is -0.114. The van der Waals surface area contributed by atoms with Gasteiger partial charge in [0.1, 0.15) is 0 Å². The van der Waals surface area contributed by atoms with Crippen molar-refractivity contribution in [3.63, 3.8) is 0 Å². The zero-order chi connectivity index (χ0) is 7.40. The summed E-state index contributed by atoms with van der Waals surface area (Å²) in [5, 5.41) is 0. The summed E-state index contributed by atoms with van der Waals surface area (Å²) >= 11 is 0. The van der Waals surface area contributed by atoms with Crippen molar-refractivity contribution in [3.8, 4) is 0 Å². The van der Waals surface area contributed by atoms with Gasteiger partial charge in [0.15, 0.2) is 0 Å². The summed E-state index contributed by atoms with van der Waals surface area (Å²) in [4.78, 5) is 0. The van der Waals surface area contributed by atoms with Crippen molar-refractivity contribution in [1.29, 1.82) is 0 Å². The van der Waals surface area contributed by atoms with E-state index in [-0.39, 0.29) is 35.5 Å². The van der Waals surface area contributed by atoms with Crippen LogP contribution in [0.2, 0.25) is 0 Å². The van der Waals surface area contributed by atoms with Crippen LogP contribution >= 0.6 is 0 Å². The minimum Gasteiger partial charge on any atom is -1.00 e. The Labute approximate surface area is 96.6 Å². The molecule has 0 spiro atoms. The van der Waals surface area contributed by atoms with Crippen molar-refractivity contribution < 1.29 is 12.4 Å². The Morgan fingerprint density at radius 1 is 1.33 bits per heavy atom. The summed E-state index contributed by atoms with van der Waals surface area (Å²) in [7, 11) is 0. The quantitative estimate of drug-likeness (QED) is 0.327. The third-order valence-corrected chi connectivity index (χ3v) is 1.48. The summed E-state index contributed by atoms with van der Waals surface area (Å²) in [6, 6.07) is 8.10. The van der Waals surface area contributed by atoms with E-state index in [1.165, 1.54) is 5.56 Å². The Balaban J connectivity index is 0. The molecule has 0 aliphatic rings. The molecule has 0 saturated carbocycles. The van der Waals surface area contributed by atoms with Gasteiger partial charge in [-0.1, -0.05) is 18.6 Å². The predicted octanol–water partition coefficient (Wildman–Crippen LogP) is -0.780. The van der Waals surface area contributed by atoms with Crippen molar-refractivity contribution in [2.24, 2.45) is 0 Å². The van der Waals surface area contributed by atoms with E-state index in [1.54, 1.807) is 0 Å². The van der Waals surface area contributed by atoms with Gasteiger partial charge in [-0.3, -0.25) is 0 Å². The molecule has 0 saturated heterocycles. The molecule has 0 aliphatic carbocycles. The first-order chi connectivity index (χ1) is 4.84. The second-order valence-electron chi connectivity index (χ2n) is 2.26.